The summed E-state index contributed by atoms with van der Waals surface area (Å²) in [4.78, 5) is 32.5. The number of rotatable bonds is 9. The number of hydrogen-bond donors (Lipinski definition) is 4. The lowest BCUT2D eigenvalue weighted by molar-refractivity contribution is -0.135. The Balaban J connectivity index is 1.61. The minimum atomic E-state index is -1.17. The predicted octanol–water partition coefficient (Wildman–Crippen LogP) is 3.47. The largest absolute Gasteiger partial charge is 0.480 e. The number of thiazole rings is 1. The molecule has 0 bridgehead atoms. The topological polar surface area (TPSA) is 171 Å². The summed E-state index contributed by atoms with van der Waals surface area (Å²) in [5.41, 5.74) is 7.36. The second-order valence-corrected chi connectivity index (χ2v) is 9.43. The molecular formula is C22H18Cl2N8O3S. The molecule has 0 spiro atoms. The van der Waals surface area contributed by atoms with Crippen LogP contribution in [0.4, 0.5) is 11.6 Å². The van der Waals surface area contributed by atoms with Crippen molar-refractivity contribution in [3.05, 3.63) is 56.1 Å². The van der Waals surface area contributed by atoms with Gasteiger partial charge in [0.15, 0.2) is 17.3 Å². The Labute approximate surface area is 218 Å². The Morgan fingerprint density at radius 2 is 2.06 bits per heavy atom. The van der Waals surface area contributed by atoms with Crippen LogP contribution in [0.1, 0.15) is 26.8 Å². The number of anilines is 2. The molecule has 1 aromatic carbocycles. The fourth-order valence-corrected chi connectivity index (χ4v) is 4.65. The summed E-state index contributed by atoms with van der Waals surface area (Å²) in [6.07, 6.45) is 2.88. The lowest BCUT2D eigenvalue weighted by Crippen LogP contribution is -2.29. The van der Waals surface area contributed by atoms with E-state index in [4.69, 9.17) is 39.3 Å². The average molecular weight is 545 g/mol. The minimum Gasteiger partial charge on any atom is -0.480 e. The number of fused-ring (bicyclic) bond motifs is 1. The molecule has 14 heteroatoms. The highest BCUT2D eigenvalue weighted by molar-refractivity contribution is 7.12. The van der Waals surface area contributed by atoms with Gasteiger partial charge in [-0.05, 0) is 24.6 Å². The van der Waals surface area contributed by atoms with Crippen molar-refractivity contribution in [2.24, 2.45) is 0 Å². The fraction of sp³-hybridized carbons (Fsp3) is 0.182. The molecule has 3 aromatic heterocycles. The number of hydrogen-bond acceptors (Lipinski definition) is 9. The van der Waals surface area contributed by atoms with E-state index >= 15 is 0 Å². The molecule has 5 N–H and O–H groups in total. The van der Waals surface area contributed by atoms with Crippen molar-refractivity contribution in [1.29, 1.82) is 5.26 Å². The number of nitrogens with zero attached hydrogens (tertiary/aromatic N) is 5. The standard InChI is InChI=1S/C22H18Cl2N8O3S/c23-11-3-4-12(13(24)6-11)15-10-32-16(7-14(31-32)22(35)28-9-19(33)34)21(29-15)27-5-1-2-18-30-20(26)17(8-25)36-18/h3-4,6-7,10H,1-2,5,9,26H2,(H,27,29)(H,28,35)(H,33,34). The van der Waals surface area contributed by atoms with Crippen molar-refractivity contribution < 1.29 is 14.7 Å². The molecule has 4 aromatic rings. The first kappa shape index (κ1) is 25.2. The number of nitriles is 1. The summed E-state index contributed by atoms with van der Waals surface area (Å²) in [7, 11) is 0. The second kappa shape index (κ2) is 10.8. The predicted molar refractivity (Wildman–Crippen MR) is 136 cm³/mol. The summed E-state index contributed by atoms with van der Waals surface area (Å²) in [6, 6.07) is 8.55. The lowest BCUT2D eigenvalue weighted by atomic mass is 10.1. The second-order valence-electron chi connectivity index (χ2n) is 7.50. The summed E-state index contributed by atoms with van der Waals surface area (Å²) >= 11 is 13.7. The third kappa shape index (κ3) is 5.65. The molecule has 4 rings (SSSR count). The molecule has 3 heterocycles. The van der Waals surface area contributed by atoms with Gasteiger partial charge in [-0.15, -0.1) is 11.3 Å². The zero-order valence-corrected chi connectivity index (χ0v) is 20.8. The number of carbonyl (C=O) groups excluding carboxylic acids is 1. The first-order chi connectivity index (χ1) is 17.2. The molecular weight excluding hydrogens is 527 g/mol. The average Bonchev–Trinajstić information content (AvgIpc) is 3.43. The van der Waals surface area contributed by atoms with Crippen molar-refractivity contribution in [2.75, 3.05) is 24.1 Å². The number of carbonyl (C=O) groups is 2. The Morgan fingerprint density at radius 1 is 1.25 bits per heavy atom. The van der Waals surface area contributed by atoms with Crippen molar-refractivity contribution in [3.8, 4) is 17.3 Å². The van der Waals surface area contributed by atoms with E-state index in [0.29, 0.717) is 56.9 Å². The highest BCUT2D eigenvalue weighted by atomic mass is 35.5. The van der Waals surface area contributed by atoms with Gasteiger partial charge in [-0.2, -0.15) is 10.4 Å². The zero-order valence-electron chi connectivity index (χ0n) is 18.5. The van der Waals surface area contributed by atoms with Gasteiger partial charge in [0.1, 0.15) is 23.0 Å². The summed E-state index contributed by atoms with van der Waals surface area (Å²) in [6.45, 7) is -0.0377. The number of aromatic nitrogens is 4. The number of nitrogen functional groups attached to an aromatic ring is 1. The number of aryl methyl sites for hydroxylation is 1. The first-order valence-electron chi connectivity index (χ1n) is 10.5. The van der Waals surface area contributed by atoms with Crippen LogP contribution in [0, 0.1) is 11.3 Å². The van der Waals surface area contributed by atoms with E-state index in [9.17, 15) is 9.59 Å². The number of aliphatic carboxylic acids is 1. The van der Waals surface area contributed by atoms with Gasteiger partial charge in [-0.1, -0.05) is 23.2 Å². The smallest absolute Gasteiger partial charge is 0.322 e. The monoisotopic (exact) mass is 544 g/mol. The maximum absolute atomic E-state index is 12.4. The van der Waals surface area contributed by atoms with Crippen molar-refractivity contribution in [2.45, 2.75) is 12.8 Å². The summed E-state index contributed by atoms with van der Waals surface area (Å²) in [5, 5.41) is 29.3. The van der Waals surface area contributed by atoms with E-state index in [-0.39, 0.29) is 11.5 Å². The van der Waals surface area contributed by atoms with Crippen molar-refractivity contribution in [1.82, 2.24) is 24.9 Å². The zero-order chi connectivity index (χ0) is 25.8. The van der Waals surface area contributed by atoms with Gasteiger partial charge < -0.3 is 21.5 Å². The normalized spacial score (nSPS) is 10.8. The lowest BCUT2D eigenvalue weighted by Gasteiger charge is -2.11. The number of carboxylic acid groups (broad SMARTS) is 1. The molecule has 184 valence electrons. The van der Waals surface area contributed by atoms with Crippen LogP contribution in [0.2, 0.25) is 10.0 Å². The molecule has 0 radical (unpaired) electrons. The van der Waals surface area contributed by atoms with Crippen molar-refractivity contribution >= 4 is 63.6 Å². The third-order valence-electron chi connectivity index (χ3n) is 4.95. The van der Waals surface area contributed by atoms with Gasteiger partial charge in [0.05, 0.1) is 21.9 Å². The van der Waals surface area contributed by atoms with E-state index < -0.39 is 18.4 Å². The van der Waals surface area contributed by atoms with Crippen LogP contribution in [-0.2, 0) is 11.2 Å². The van der Waals surface area contributed by atoms with Gasteiger partial charge in [0, 0.05) is 29.6 Å². The number of benzene rings is 1. The quantitative estimate of drug-likeness (QED) is 0.230. The van der Waals surface area contributed by atoms with Crippen LogP contribution in [0.15, 0.2) is 30.5 Å². The van der Waals surface area contributed by atoms with Gasteiger partial charge in [-0.25, -0.2) is 14.5 Å². The fourth-order valence-electron chi connectivity index (χ4n) is 3.32. The molecule has 0 fully saturated rings. The van der Waals surface area contributed by atoms with Crippen LogP contribution >= 0.6 is 34.5 Å². The van der Waals surface area contributed by atoms with E-state index in [1.165, 1.54) is 21.9 Å². The number of nitrogens with two attached hydrogens (primary N) is 1. The van der Waals surface area contributed by atoms with Gasteiger partial charge in [-0.3, -0.25) is 9.59 Å². The van der Waals surface area contributed by atoms with Crippen LogP contribution in [0.5, 0.6) is 0 Å². The Morgan fingerprint density at radius 3 is 2.75 bits per heavy atom. The Kier molecular flexibility index (Phi) is 7.54. The van der Waals surface area contributed by atoms with Gasteiger partial charge in [0.25, 0.3) is 5.91 Å². The van der Waals surface area contributed by atoms with E-state index in [0.717, 1.165) is 5.01 Å². The molecule has 0 aliphatic carbocycles. The van der Waals surface area contributed by atoms with E-state index in [1.807, 2.05) is 6.07 Å². The molecule has 0 unspecified atom stereocenters. The van der Waals surface area contributed by atoms with Crippen LogP contribution in [0.25, 0.3) is 16.8 Å². The SMILES string of the molecule is N#Cc1sc(CCCNc2nc(-c3ccc(Cl)cc3Cl)cn3nc(C(=O)NCC(=O)O)cc23)nc1N. The molecule has 0 saturated carbocycles. The first-order valence-corrected chi connectivity index (χ1v) is 12.1. The molecule has 1 amide bonds. The molecule has 0 saturated heterocycles. The van der Waals surface area contributed by atoms with Crippen molar-refractivity contribution in [3.63, 3.8) is 0 Å². The highest BCUT2D eigenvalue weighted by Crippen LogP contribution is 2.31. The summed E-state index contributed by atoms with van der Waals surface area (Å²) < 4.78 is 1.48. The molecule has 0 aliphatic rings. The molecule has 11 nitrogen and oxygen atoms in total. The highest BCUT2D eigenvalue weighted by Gasteiger charge is 2.17. The molecule has 0 aliphatic heterocycles. The number of nitrogens with one attached hydrogen (secondary N) is 2. The molecule has 0 atom stereocenters. The van der Waals surface area contributed by atoms with Crippen LogP contribution in [-0.4, -0.2) is 49.7 Å². The number of halogens is 2. The molecule has 36 heavy (non-hydrogen) atoms. The maximum Gasteiger partial charge on any atom is 0.322 e. The van der Waals surface area contributed by atoms with Crippen LogP contribution < -0.4 is 16.4 Å². The maximum atomic E-state index is 12.4. The van der Waals surface area contributed by atoms with Gasteiger partial charge >= 0.3 is 5.97 Å². The minimum absolute atomic E-state index is 0.0303. The van der Waals surface area contributed by atoms with Crippen LogP contribution in [0.3, 0.4) is 0 Å². The Hall–Kier alpha value is -3.92. The number of amides is 1. The number of carboxylic acids is 1. The third-order valence-corrected chi connectivity index (χ3v) is 6.54. The summed E-state index contributed by atoms with van der Waals surface area (Å²) in [5.74, 6) is -1.12. The van der Waals surface area contributed by atoms with E-state index in [1.54, 1.807) is 24.4 Å². The Bertz CT molecular complexity index is 1510. The van der Waals surface area contributed by atoms with Gasteiger partial charge in [0.2, 0.25) is 0 Å². The van der Waals surface area contributed by atoms with E-state index in [2.05, 4.69) is 25.7 Å².